The Morgan fingerprint density at radius 2 is 0.504 bits per heavy atom. The summed E-state index contributed by atoms with van der Waals surface area (Å²) >= 11 is 1.85. The summed E-state index contributed by atoms with van der Waals surface area (Å²) in [6, 6.07) is 168. The molecule has 0 bridgehead atoms. The van der Waals surface area contributed by atoms with Crippen molar-refractivity contribution < 1.29 is 0 Å². The largest absolute Gasteiger partial charge is 0.309 e. The fraction of sp³-hybridized carbons (Fsp3) is 0. The van der Waals surface area contributed by atoms with Crippen molar-refractivity contribution in [1.82, 2.24) is 54.0 Å². The Hall–Kier alpha value is -18.5. The summed E-state index contributed by atoms with van der Waals surface area (Å²) in [5, 5.41) is 22.2. The van der Waals surface area contributed by atoms with Crippen LogP contribution >= 0.6 is 11.3 Å². The maximum Gasteiger partial charge on any atom is 0.164 e. The Kier molecular flexibility index (Phi) is 20.2. The van der Waals surface area contributed by atoms with Crippen LogP contribution in [0.2, 0.25) is 0 Å². The third-order valence-corrected chi connectivity index (χ3v) is 27.8. The number of aromatic nitrogens is 11. The van der Waals surface area contributed by atoms with Gasteiger partial charge in [-0.25, -0.2) is 44.9 Å². The monoisotopic (exact) mass is 1790 g/mol. The minimum Gasteiger partial charge on any atom is -0.309 e. The molecule has 0 atom stereocenters. The van der Waals surface area contributed by atoms with Gasteiger partial charge >= 0.3 is 0 Å². The lowest BCUT2D eigenvalue weighted by molar-refractivity contribution is 1.07. The smallest absolute Gasteiger partial charge is 0.164 e. The Morgan fingerprint density at radius 1 is 0.165 bits per heavy atom. The first-order valence-corrected chi connectivity index (χ1v) is 47.5. The molecule has 0 amide bonds. The molecule has 8 aromatic heterocycles. The summed E-state index contributed by atoms with van der Waals surface area (Å²) in [7, 11) is 0. The molecule has 0 radical (unpaired) electrons. The number of nitrogens with zero attached hydrogens (tertiary/aromatic N) is 11. The van der Waals surface area contributed by atoms with Crippen LogP contribution in [-0.4, -0.2) is 54.0 Å². The summed E-state index contributed by atoms with van der Waals surface area (Å²) in [5.74, 6) is 3.85. The summed E-state index contributed by atoms with van der Waals surface area (Å²) in [6.07, 6.45) is 0. The topological polar surface area (TPSA) is 126 Å². The number of thiophene rings is 1. The van der Waals surface area contributed by atoms with Crippen LogP contribution in [0, 0.1) is 0 Å². The first-order chi connectivity index (χ1) is 68.9. The van der Waals surface area contributed by atoms with E-state index in [9.17, 15) is 0 Å². The van der Waals surface area contributed by atoms with E-state index >= 15 is 0 Å². The highest BCUT2D eigenvalue weighted by Crippen LogP contribution is 2.49. The minimum atomic E-state index is 0.626. The van der Waals surface area contributed by atoms with Crippen molar-refractivity contribution in [2.45, 2.75) is 0 Å². The van der Waals surface area contributed by atoms with E-state index < -0.39 is 0 Å². The molecule has 11 nitrogen and oxygen atoms in total. The second kappa shape index (κ2) is 34.5. The van der Waals surface area contributed by atoms with E-state index in [1.54, 1.807) is 0 Å². The van der Waals surface area contributed by atoms with Gasteiger partial charge in [0.05, 0.1) is 61.6 Å². The van der Waals surface area contributed by atoms with Crippen molar-refractivity contribution in [2.75, 3.05) is 0 Å². The van der Waals surface area contributed by atoms with E-state index in [4.69, 9.17) is 44.9 Å². The number of para-hydroxylation sites is 5. The number of benzene rings is 20. The molecular formula is C127H79N11S. The molecule has 28 aromatic rings. The van der Waals surface area contributed by atoms with Gasteiger partial charge in [-0.05, 0) is 93.7 Å². The van der Waals surface area contributed by atoms with Gasteiger partial charge in [-0.3, -0.25) is 0 Å². The molecule has 28 rings (SSSR count). The molecule has 0 saturated heterocycles. The van der Waals surface area contributed by atoms with Gasteiger partial charge in [0.1, 0.15) is 0 Å². The zero-order valence-corrected chi connectivity index (χ0v) is 75.8. The number of hydrogen-bond donors (Lipinski definition) is 0. The molecule has 12 heteroatoms. The Balaban J connectivity index is 0.000000108. The molecule has 0 spiro atoms. The van der Waals surface area contributed by atoms with Crippen molar-refractivity contribution in [3.05, 3.63) is 479 Å². The molecule has 0 unspecified atom stereocenters. The molecule has 0 aliphatic heterocycles. The van der Waals surface area contributed by atoms with Crippen LogP contribution in [-0.2, 0) is 0 Å². The lowest BCUT2D eigenvalue weighted by Crippen LogP contribution is -2.00. The first kappa shape index (κ1) is 81.3. The third-order valence-electron chi connectivity index (χ3n) is 26.7. The summed E-state index contributed by atoms with van der Waals surface area (Å²) < 4.78 is 7.44. The Bertz CT molecular complexity index is 9490. The predicted molar refractivity (Wildman–Crippen MR) is 578 cm³/mol. The van der Waals surface area contributed by atoms with Crippen LogP contribution in [0.25, 0.3) is 264 Å². The van der Waals surface area contributed by atoms with Crippen LogP contribution in [0.5, 0.6) is 0 Å². The minimum absolute atomic E-state index is 0.626. The van der Waals surface area contributed by atoms with Crippen molar-refractivity contribution in [2.24, 2.45) is 0 Å². The predicted octanol–water partition coefficient (Wildman–Crippen LogP) is 32.9. The second-order valence-corrected chi connectivity index (χ2v) is 36.0. The SMILES string of the molecule is c1ccc(-c2cc(-n3c4ccccc4c4c5ccccc5c5ccc6ccccc6c5c43)cc(-c3ccccc3)n2)cc1.c1ccc(-c2nc(-c3ccccc3)nc(-c3ccc(-c4nc5ccccc5c5c4ccc4c5c5ccccc5n4-c4ccccc4)cc3)n2)cc1.c1ccc(-c2nc(-c3ccccc3)nc(-c3ccc(-c4nc5ccccc5c5c4ccc4sc6ccccc6c45)cc3)n2)cc1. The van der Waals surface area contributed by atoms with E-state index in [1.165, 1.54) is 112 Å². The average Bonchev–Trinajstić information content (AvgIpc) is 1.58. The van der Waals surface area contributed by atoms with Crippen LogP contribution in [0.4, 0.5) is 0 Å². The standard InChI is InChI=1S/C46H29N5.C41H26N2.C40H24N4S/c1-4-14-31(15-5-1)44-48-45(32-16-6-2-7-17-32)50-46(49-44)33-26-24-30(25-27-33)43-37-28-29-40-42(41(37)35-20-10-12-22-38(35)47-43)36-21-11-13-23-39(36)51(40)34-18-8-3-9-19-34;1-3-14-28(15-4-1)36-25-30(26-37(42-36)29-16-5-2-6-17-29)43-38-22-12-11-21-35(38)40-33-20-10-9-19-32(33)34-24-23-27-13-7-8-18-31(27)39(34)41(40)43;1-3-11-26(12-4-1)38-42-39(27-13-5-2-6-14-27)44-40(43-38)28-21-19-25(20-22-28)37-31-23-24-34-36(30-16-8-10-18-33(30)45-34)35(31)29-15-7-9-17-32(29)41-37/h1-29H;1-26H;1-24H. The van der Waals surface area contributed by atoms with Gasteiger partial charge < -0.3 is 9.13 Å². The quantitative estimate of drug-likeness (QED) is 0.110. The second-order valence-electron chi connectivity index (χ2n) is 34.9. The number of rotatable bonds is 12. The third kappa shape index (κ3) is 14.5. The van der Waals surface area contributed by atoms with Gasteiger partial charge in [0.15, 0.2) is 34.9 Å². The number of hydrogen-bond acceptors (Lipinski definition) is 10. The zero-order chi connectivity index (χ0) is 91.8. The van der Waals surface area contributed by atoms with Crippen LogP contribution in [0.3, 0.4) is 0 Å². The molecule has 139 heavy (non-hydrogen) atoms. The zero-order valence-electron chi connectivity index (χ0n) is 74.9. The fourth-order valence-corrected chi connectivity index (χ4v) is 21.5. The van der Waals surface area contributed by atoms with E-state index in [1.807, 2.05) is 133 Å². The molecule has 0 aliphatic rings. The first-order valence-electron chi connectivity index (χ1n) is 46.7. The molecule has 648 valence electrons. The fourth-order valence-electron chi connectivity index (χ4n) is 20.3. The van der Waals surface area contributed by atoms with E-state index in [0.29, 0.717) is 34.9 Å². The van der Waals surface area contributed by atoms with Crippen molar-refractivity contribution in [3.8, 4) is 125 Å². The normalized spacial score (nSPS) is 11.6. The van der Waals surface area contributed by atoms with E-state index in [0.717, 1.165) is 117 Å². The van der Waals surface area contributed by atoms with Gasteiger partial charge in [0, 0.05) is 141 Å². The van der Waals surface area contributed by atoms with E-state index in [-0.39, 0.29) is 0 Å². The van der Waals surface area contributed by atoms with Crippen molar-refractivity contribution in [3.63, 3.8) is 0 Å². The molecule has 20 aromatic carbocycles. The van der Waals surface area contributed by atoms with Crippen LogP contribution in [0.15, 0.2) is 479 Å². The maximum absolute atomic E-state index is 5.29. The van der Waals surface area contributed by atoms with Crippen molar-refractivity contribution >= 4 is 151 Å². The van der Waals surface area contributed by atoms with Crippen LogP contribution < -0.4 is 0 Å². The number of fused-ring (bicyclic) bond motifs is 24. The van der Waals surface area contributed by atoms with Crippen molar-refractivity contribution in [1.29, 1.82) is 0 Å². The van der Waals surface area contributed by atoms with Gasteiger partial charge in [0.25, 0.3) is 0 Å². The lowest BCUT2D eigenvalue weighted by atomic mass is 9.93. The molecular weight excluding hydrogens is 1710 g/mol. The molecule has 0 aliphatic carbocycles. The average molecular weight is 1790 g/mol. The Labute approximate surface area is 803 Å². The van der Waals surface area contributed by atoms with Gasteiger partial charge in [-0.1, -0.05) is 413 Å². The highest BCUT2D eigenvalue weighted by molar-refractivity contribution is 7.26. The molecule has 0 N–H and O–H groups in total. The van der Waals surface area contributed by atoms with Crippen LogP contribution in [0.1, 0.15) is 0 Å². The summed E-state index contributed by atoms with van der Waals surface area (Å²) in [6.45, 7) is 0. The summed E-state index contributed by atoms with van der Waals surface area (Å²) in [5.41, 5.74) is 22.7. The molecule has 8 heterocycles. The molecule has 0 saturated carbocycles. The number of pyridine rings is 3. The Morgan fingerprint density at radius 3 is 0.993 bits per heavy atom. The van der Waals surface area contributed by atoms with Gasteiger partial charge in [-0.2, -0.15) is 0 Å². The van der Waals surface area contributed by atoms with Gasteiger partial charge in [-0.15, -0.1) is 11.3 Å². The lowest BCUT2D eigenvalue weighted by Gasteiger charge is -2.16. The highest BCUT2D eigenvalue weighted by Gasteiger charge is 2.26. The highest BCUT2D eigenvalue weighted by atomic mass is 32.1. The summed E-state index contributed by atoms with van der Waals surface area (Å²) in [4.78, 5) is 45.1. The molecule has 0 fully saturated rings. The van der Waals surface area contributed by atoms with Gasteiger partial charge in [0.2, 0.25) is 0 Å². The maximum atomic E-state index is 5.29. The van der Waals surface area contributed by atoms with E-state index in [2.05, 4.69) is 367 Å².